The largest absolute Gasteiger partial charge is 1.00 e. The van der Waals surface area contributed by atoms with E-state index in [0.29, 0.717) is 0 Å². The van der Waals surface area contributed by atoms with Gasteiger partial charge < -0.3 is 15.0 Å². The topological polar surface area (TPSA) is 60.4 Å². The molecular weight excluding hydrogens is 167 g/mol. The van der Waals surface area contributed by atoms with Crippen LogP contribution in [-0.2, 0) is 4.79 Å². The summed E-state index contributed by atoms with van der Waals surface area (Å²) in [7, 11) is 0. The summed E-state index contributed by atoms with van der Waals surface area (Å²) in [6.07, 6.45) is 3.23. The molecule has 0 aromatic carbocycles. The normalized spacial score (nSPS) is 29.1. The molecule has 0 amide bonds. The van der Waals surface area contributed by atoms with Crippen molar-refractivity contribution in [1.82, 2.24) is 0 Å². The molecule has 1 aliphatic carbocycles. The number of carboxylic acid groups (broad SMARTS) is 1. The van der Waals surface area contributed by atoms with Crippen LogP contribution in [0.2, 0.25) is 0 Å². The summed E-state index contributed by atoms with van der Waals surface area (Å²) < 4.78 is 0. The molecule has 1 N–H and O–H groups in total. The van der Waals surface area contributed by atoms with Crippen LogP contribution in [0.3, 0.4) is 0 Å². The van der Waals surface area contributed by atoms with E-state index >= 15 is 0 Å². The molecule has 64 valence electrons. The Morgan fingerprint density at radius 2 is 2.00 bits per heavy atom. The molecule has 0 aromatic heterocycles. The molecule has 2 unspecified atom stereocenters. The van der Waals surface area contributed by atoms with Crippen molar-refractivity contribution in [2.75, 3.05) is 0 Å². The van der Waals surface area contributed by atoms with E-state index in [9.17, 15) is 15.0 Å². The Labute approximate surface area is 94.5 Å². The van der Waals surface area contributed by atoms with Crippen LogP contribution in [0.15, 0.2) is 0 Å². The van der Waals surface area contributed by atoms with Crippen LogP contribution in [0.5, 0.6) is 0 Å². The molecule has 0 bridgehead atoms. The van der Waals surface area contributed by atoms with E-state index in [1.807, 2.05) is 0 Å². The van der Waals surface area contributed by atoms with Crippen molar-refractivity contribution in [1.29, 1.82) is 0 Å². The van der Waals surface area contributed by atoms with Crippen LogP contribution in [0.4, 0.5) is 0 Å². The molecule has 1 aliphatic rings. The van der Waals surface area contributed by atoms with Crippen LogP contribution in [0.25, 0.3) is 0 Å². The summed E-state index contributed by atoms with van der Waals surface area (Å²) in [5.74, 6) is -1.11. The van der Waals surface area contributed by atoms with Gasteiger partial charge >= 0.3 is 29.6 Å². The maximum absolute atomic E-state index is 10.2. The maximum Gasteiger partial charge on any atom is 1.00 e. The Morgan fingerprint density at radius 1 is 1.42 bits per heavy atom. The van der Waals surface area contributed by atoms with Gasteiger partial charge in [0.05, 0.1) is 6.10 Å². The van der Waals surface area contributed by atoms with Gasteiger partial charge in [-0.3, -0.25) is 0 Å². The van der Waals surface area contributed by atoms with E-state index in [-0.39, 0.29) is 41.9 Å². The fourth-order valence-electron chi connectivity index (χ4n) is 1.64. The van der Waals surface area contributed by atoms with Crippen molar-refractivity contribution < 1.29 is 44.6 Å². The van der Waals surface area contributed by atoms with E-state index < -0.39 is 12.1 Å². The standard InChI is InChI=1S/C8H14O3.Na/c9-7-4-2-1-3-6(7)5-8(10)11;/h6-7,9H,1-5H2,(H,10,11);/q;+1/p-1. The smallest absolute Gasteiger partial charge is 0.550 e. The van der Waals surface area contributed by atoms with Gasteiger partial charge in [-0.25, -0.2) is 0 Å². The van der Waals surface area contributed by atoms with Gasteiger partial charge in [-0.2, -0.15) is 0 Å². The third kappa shape index (κ3) is 3.90. The Hall–Kier alpha value is 0.430. The van der Waals surface area contributed by atoms with E-state index in [2.05, 4.69) is 0 Å². The van der Waals surface area contributed by atoms with Gasteiger partial charge in [0.2, 0.25) is 0 Å². The van der Waals surface area contributed by atoms with Gasteiger partial charge in [0.15, 0.2) is 0 Å². The number of hydrogen-bond acceptors (Lipinski definition) is 3. The summed E-state index contributed by atoms with van der Waals surface area (Å²) in [5.41, 5.74) is 0. The zero-order valence-electron chi connectivity index (χ0n) is 7.45. The van der Waals surface area contributed by atoms with Gasteiger partial charge in [-0.05, 0) is 25.2 Å². The molecule has 1 fully saturated rings. The number of carboxylic acids is 1. The maximum atomic E-state index is 10.2. The molecule has 3 nitrogen and oxygen atoms in total. The Bertz CT molecular complexity index is 149. The Kier molecular flexibility index (Phi) is 6.19. The first-order valence-corrected chi connectivity index (χ1v) is 4.08. The summed E-state index contributed by atoms with van der Waals surface area (Å²) >= 11 is 0. The van der Waals surface area contributed by atoms with E-state index in [1.165, 1.54) is 0 Å². The number of aliphatic carboxylic acids is 1. The number of aliphatic hydroxyl groups is 1. The van der Waals surface area contributed by atoms with Crippen molar-refractivity contribution in [2.24, 2.45) is 5.92 Å². The Morgan fingerprint density at radius 3 is 2.50 bits per heavy atom. The first kappa shape index (κ1) is 12.4. The average Bonchev–Trinajstić information content (AvgIpc) is 1.93. The first-order valence-electron chi connectivity index (χ1n) is 4.08. The van der Waals surface area contributed by atoms with Crippen molar-refractivity contribution in [3.63, 3.8) is 0 Å². The van der Waals surface area contributed by atoms with Crippen LogP contribution in [-0.4, -0.2) is 17.2 Å². The van der Waals surface area contributed by atoms with Crippen LogP contribution in [0.1, 0.15) is 32.1 Å². The molecule has 0 saturated heterocycles. The van der Waals surface area contributed by atoms with Gasteiger partial charge in [-0.1, -0.05) is 12.8 Å². The van der Waals surface area contributed by atoms with E-state index in [1.54, 1.807) is 0 Å². The first-order chi connectivity index (χ1) is 5.20. The molecule has 0 aromatic rings. The number of aliphatic hydroxyl groups excluding tert-OH is 1. The van der Waals surface area contributed by atoms with Gasteiger partial charge in [0.25, 0.3) is 0 Å². The molecule has 1 saturated carbocycles. The summed E-state index contributed by atoms with van der Waals surface area (Å²) in [6.45, 7) is 0. The van der Waals surface area contributed by atoms with Crippen LogP contribution < -0.4 is 34.7 Å². The molecule has 0 spiro atoms. The summed E-state index contributed by atoms with van der Waals surface area (Å²) in [5, 5.41) is 19.5. The zero-order valence-corrected chi connectivity index (χ0v) is 9.45. The van der Waals surface area contributed by atoms with Crippen molar-refractivity contribution in [3.8, 4) is 0 Å². The molecule has 1 rings (SSSR count). The molecule has 0 radical (unpaired) electrons. The van der Waals surface area contributed by atoms with E-state index in [0.717, 1.165) is 25.7 Å². The van der Waals surface area contributed by atoms with Gasteiger partial charge in [-0.15, -0.1) is 0 Å². The minimum Gasteiger partial charge on any atom is -0.550 e. The quantitative estimate of drug-likeness (QED) is 0.452. The molecular formula is C8H13NaO3. The number of carbonyl (C=O) groups excluding carboxylic acids is 1. The third-order valence-electron chi connectivity index (χ3n) is 2.30. The predicted octanol–water partition coefficient (Wildman–Crippen LogP) is -3.32. The monoisotopic (exact) mass is 180 g/mol. The molecule has 12 heavy (non-hydrogen) atoms. The second kappa shape index (κ2) is 5.97. The fraction of sp³-hybridized carbons (Fsp3) is 0.875. The van der Waals surface area contributed by atoms with Crippen LogP contribution in [0, 0.1) is 5.92 Å². The van der Waals surface area contributed by atoms with Gasteiger partial charge in [0.1, 0.15) is 0 Å². The van der Waals surface area contributed by atoms with Crippen molar-refractivity contribution in [3.05, 3.63) is 0 Å². The molecule has 0 heterocycles. The van der Waals surface area contributed by atoms with E-state index in [4.69, 9.17) is 0 Å². The second-order valence-electron chi connectivity index (χ2n) is 3.19. The SMILES string of the molecule is O=C([O-])CC1CCCCC1O.[Na+]. The molecule has 2 atom stereocenters. The minimum absolute atomic E-state index is 0. The Balaban J connectivity index is 0.00000121. The summed E-state index contributed by atoms with van der Waals surface area (Å²) in [4.78, 5) is 10.2. The van der Waals surface area contributed by atoms with Crippen molar-refractivity contribution in [2.45, 2.75) is 38.2 Å². The van der Waals surface area contributed by atoms with Gasteiger partial charge in [0, 0.05) is 5.97 Å². The third-order valence-corrected chi connectivity index (χ3v) is 2.30. The number of hydrogen-bond donors (Lipinski definition) is 1. The molecule has 0 aliphatic heterocycles. The summed E-state index contributed by atoms with van der Waals surface area (Å²) in [6, 6.07) is 0. The number of carbonyl (C=O) groups is 1. The number of rotatable bonds is 2. The van der Waals surface area contributed by atoms with Crippen molar-refractivity contribution >= 4 is 5.97 Å². The zero-order chi connectivity index (χ0) is 8.27. The fourth-order valence-corrected chi connectivity index (χ4v) is 1.64. The predicted molar refractivity (Wildman–Crippen MR) is 37.6 cm³/mol. The molecule has 4 heteroatoms. The average molecular weight is 180 g/mol. The minimum atomic E-state index is -1.05. The van der Waals surface area contributed by atoms with Crippen LogP contribution >= 0.6 is 0 Å². The second-order valence-corrected chi connectivity index (χ2v) is 3.19.